The summed E-state index contributed by atoms with van der Waals surface area (Å²) in [5.41, 5.74) is 0.239. The Kier molecular flexibility index (Phi) is 9.42. The van der Waals surface area contributed by atoms with Crippen molar-refractivity contribution in [2.24, 2.45) is 0 Å². The zero-order valence-electron chi connectivity index (χ0n) is 24.8. The number of rotatable bonds is 6. The highest BCUT2D eigenvalue weighted by Gasteiger charge is 2.43. The average Bonchev–Trinajstić information content (AvgIpc) is 3.00. The summed E-state index contributed by atoms with van der Waals surface area (Å²) in [6, 6.07) is 0. The highest BCUT2D eigenvalue weighted by Crippen LogP contribution is 2.35. The van der Waals surface area contributed by atoms with E-state index < -0.39 is 0 Å². The largest absolute Gasteiger partial charge is 0.380 e. The summed E-state index contributed by atoms with van der Waals surface area (Å²) in [6.45, 7) is 31.2. The summed E-state index contributed by atoms with van der Waals surface area (Å²) in [6.07, 6.45) is 5.02. The smallest absolute Gasteiger partial charge is 0.0786 e. The lowest BCUT2D eigenvalue weighted by molar-refractivity contribution is -0.182. The molecule has 0 amide bonds. The van der Waals surface area contributed by atoms with Gasteiger partial charge in [0.2, 0.25) is 0 Å². The van der Waals surface area contributed by atoms with Crippen LogP contribution in [0.4, 0.5) is 0 Å². The van der Waals surface area contributed by atoms with Gasteiger partial charge >= 0.3 is 0 Å². The third kappa shape index (κ3) is 8.38. The Bertz CT molecular complexity index is 663. The molecule has 3 rings (SSSR count). The van der Waals surface area contributed by atoms with Crippen LogP contribution in [0.25, 0.3) is 0 Å². The number of morpholine rings is 2. The number of ether oxygens (including phenoxy) is 3. The molecule has 3 heterocycles. The van der Waals surface area contributed by atoms with E-state index in [0.717, 1.165) is 78.2 Å². The second kappa shape index (κ2) is 11.2. The molecule has 0 saturated carbocycles. The molecule has 0 aliphatic carbocycles. The van der Waals surface area contributed by atoms with E-state index in [1.165, 1.54) is 0 Å². The molecule has 6 nitrogen and oxygen atoms in total. The first kappa shape index (κ1) is 29.3. The SMILES string of the molecule is CC1CN(C(C)(C)C)CC(CCC2(C)CN(C(C)(C)C)CC(CC(C)(C)N3CCCOCC3)O2)O1. The van der Waals surface area contributed by atoms with Crippen molar-refractivity contribution >= 4 is 0 Å². The topological polar surface area (TPSA) is 37.4 Å². The Morgan fingerprint density at radius 1 is 0.800 bits per heavy atom. The molecule has 0 bridgehead atoms. The lowest BCUT2D eigenvalue weighted by Gasteiger charge is -2.52. The molecule has 206 valence electrons. The summed E-state index contributed by atoms with van der Waals surface area (Å²) in [5, 5.41) is 0. The van der Waals surface area contributed by atoms with E-state index in [2.05, 4.69) is 83.9 Å². The molecule has 35 heavy (non-hydrogen) atoms. The van der Waals surface area contributed by atoms with Crippen molar-refractivity contribution in [2.75, 3.05) is 52.5 Å². The minimum Gasteiger partial charge on any atom is -0.380 e. The maximum Gasteiger partial charge on any atom is 0.0786 e. The van der Waals surface area contributed by atoms with Crippen LogP contribution in [0.5, 0.6) is 0 Å². The second-order valence-electron chi connectivity index (χ2n) is 14.4. The Morgan fingerprint density at radius 2 is 1.46 bits per heavy atom. The molecule has 4 atom stereocenters. The first-order valence-electron chi connectivity index (χ1n) is 14.2. The van der Waals surface area contributed by atoms with E-state index in [9.17, 15) is 0 Å². The van der Waals surface area contributed by atoms with Gasteiger partial charge in [0.05, 0.1) is 30.5 Å². The maximum atomic E-state index is 7.00. The van der Waals surface area contributed by atoms with Crippen LogP contribution in [0.2, 0.25) is 0 Å². The fraction of sp³-hybridized carbons (Fsp3) is 1.00. The molecule has 0 aromatic carbocycles. The summed E-state index contributed by atoms with van der Waals surface area (Å²) in [7, 11) is 0. The van der Waals surface area contributed by atoms with Crippen molar-refractivity contribution in [2.45, 2.75) is 135 Å². The molecule has 0 radical (unpaired) electrons. The highest BCUT2D eigenvalue weighted by molar-refractivity contribution is 4.96. The quantitative estimate of drug-likeness (QED) is 0.527. The number of hydrogen-bond acceptors (Lipinski definition) is 6. The standard InChI is InChI=1S/C29H57N3O3/c1-23-19-31(26(2,3)4)20-24(34-23)12-13-29(10)22-32(27(5,6)7)21-25(35-29)18-28(8,9)30-14-11-16-33-17-15-30/h23-25H,11-22H2,1-10H3. The van der Waals surface area contributed by atoms with E-state index in [1.807, 2.05) is 0 Å². The van der Waals surface area contributed by atoms with Gasteiger partial charge in [0, 0.05) is 62.5 Å². The van der Waals surface area contributed by atoms with Crippen molar-refractivity contribution in [1.29, 1.82) is 0 Å². The second-order valence-corrected chi connectivity index (χ2v) is 14.4. The van der Waals surface area contributed by atoms with Crippen LogP contribution in [0.3, 0.4) is 0 Å². The summed E-state index contributed by atoms with van der Waals surface area (Å²) >= 11 is 0. The van der Waals surface area contributed by atoms with Crippen molar-refractivity contribution in [3.05, 3.63) is 0 Å². The van der Waals surface area contributed by atoms with Crippen LogP contribution in [-0.2, 0) is 14.2 Å². The monoisotopic (exact) mass is 495 g/mol. The van der Waals surface area contributed by atoms with E-state index in [-0.39, 0.29) is 40.5 Å². The molecular weight excluding hydrogens is 438 g/mol. The van der Waals surface area contributed by atoms with Crippen LogP contribution in [0.1, 0.15) is 94.9 Å². The van der Waals surface area contributed by atoms with Crippen molar-refractivity contribution < 1.29 is 14.2 Å². The molecule has 3 saturated heterocycles. The van der Waals surface area contributed by atoms with Crippen molar-refractivity contribution in [1.82, 2.24) is 14.7 Å². The van der Waals surface area contributed by atoms with Crippen LogP contribution < -0.4 is 0 Å². The summed E-state index contributed by atoms with van der Waals surface area (Å²) in [4.78, 5) is 7.87. The van der Waals surface area contributed by atoms with Crippen LogP contribution in [0.15, 0.2) is 0 Å². The van der Waals surface area contributed by atoms with Gasteiger partial charge in [-0.3, -0.25) is 14.7 Å². The number of hydrogen-bond donors (Lipinski definition) is 0. The first-order valence-corrected chi connectivity index (χ1v) is 14.2. The van der Waals surface area contributed by atoms with Gasteiger partial charge in [-0.05, 0) is 94.9 Å². The van der Waals surface area contributed by atoms with E-state index in [0.29, 0.717) is 0 Å². The molecule has 3 aliphatic rings. The summed E-state index contributed by atoms with van der Waals surface area (Å²) in [5.74, 6) is 0. The van der Waals surface area contributed by atoms with Gasteiger partial charge in [0.1, 0.15) is 0 Å². The molecule has 0 aromatic heterocycles. The molecule has 4 unspecified atom stereocenters. The van der Waals surface area contributed by atoms with Crippen molar-refractivity contribution in [3.63, 3.8) is 0 Å². The zero-order chi connectivity index (χ0) is 26.1. The molecule has 0 N–H and O–H groups in total. The third-order valence-electron chi connectivity index (χ3n) is 8.42. The fourth-order valence-electron chi connectivity index (χ4n) is 6.20. The molecular formula is C29H57N3O3. The summed E-state index contributed by atoms with van der Waals surface area (Å²) < 4.78 is 19.1. The normalized spacial score (nSPS) is 33.6. The van der Waals surface area contributed by atoms with Gasteiger partial charge in [-0.1, -0.05) is 0 Å². The van der Waals surface area contributed by atoms with E-state index >= 15 is 0 Å². The average molecular weight is 496 g/mol. The Labute approximate surface area is 217 Å². The lowest BCUT2D eigenvalue weighted by Crippen LogP contribution is -2.61. The molecule has 0 aromatic rings. The van der Waals surface area contributed by atoms with E-state index in [4.69, 9.17) is 14.2 Å². The Balaban J connectivity index is 1.68. The zero-order valence-corrected chi connectivity index (χ0v) is 24.8. The number of nitrogens with zero attached hydrogens (tertiary/aromatic N) is 3. The first-order chi connectivity index (χ1) is 16.1. The van der Waals surface area contributed by atoms with Crippen molar-refractivity contribution in [3.8, 4) is 0 Å². The predicted molar refractivity (Wildman–Crippen MR) is 145 cm³/mol. The molecule has 3 aliphatic heterocycles. The van der Waals surface area contributed by atoms with Gasteiger partial charge in [-0.15, -0.1) is 0 Å². The lowest BCUT2D eigenvalue weighted by atomic mass is 9.87. The minimum atomic E-state index is -0.162. The van der Waals surface area contributed by atoms with Gasteiger partial charge < -0.3 is 14.2 Å². The van der Waals surface area contributed by atoms with Gasteiger partial charge in [-0.2, -0.15) is 0 Å². The predicted octanol–water partition coefficient (Wildman–Crippen LogP) is 4.80. The fourth-order valence-corrected chi connectivity index (χ4v) is 6.20. The highest BCUT2D eigenvalue weighted by atomic mass is 16.5. The minimum absolute atomic E-state index is 0.0926. The van der Waals surface area contributed by atoms with E-state index in [1.54, 1.807) is 0 Å². The maximum absolute atomic E-state index is 7.00. The molecule has 6 heteroatoms. The Morgan fingerprint density at radius 3 is 2.11 bits per heavy atom. The Hall–Kier alpha value is -0.240. The van der Waals surface area contributed by atoms with Gasteiger partial charge in [0.25, 0.3) is 0 Å². The molecule has 0 spiro atoms. The van der Waals surface area contributed by atoms with Crippen LogP contribution in [0, 0.1) is 0 Å². The van der Waals surface area contributed by atoms with Crippen LogP contribution >= 0.6 is 0 Å². The van der Waals surface area contributed by atoms with Gasteiger partial charge in [0.15, 0.2) is 0 Å². The molecule has 3 fully saturated rings. The van der Waals surface area contributed by atoms with Gasteiger partial charge in [-0.25, -0.2) is 0 Å². The third-order valence-corrected chi connectivity index (χ3v) is 8.42. The van der Waals surface area contributed by atoms with Crippen LogP contribution in [-0.4, -0.2) is 108 Å².